The molecule has 0 atom stereocenters. The van der Waals surface area contributed by atoms with Crippen LogP contribution in [0.15, 0.2) is 48.1 Å². The van der Waals surface area contributed by atoms with Crippen LogP contribution in [0.25, 0.3) is 16.3 Å². The highest BCUT2D eigenvalue weighted by Gasteiger charge is 2.36. The molecular weight excluding hydrogens is 288 g/mol. The SMILES string of the molecule is C#Cc1ccc2ccc3c(c2c1)C(C)(C)CC1=C3C=CC(C)(C)C1. The highest BCUT2D eigenvalue weighted by molar-refractivity contribution is 5.95. The summed E-state index contributed by atoms with van der Waals surface area (Å²) >= 11 is 0. The zero-order chi connectivity index (χ0) is 17.1. The maximum Gasteiger partial charge on any atom is 0.0249 e. The van der Waals surface area contributed by atoms with Gasteiger partial charge in [0.1, 0.15) is 0 Å². The lowest BCUT2D eigenvalue weighted by Gasteiger charge is -2.40. The molecule has 2 aliphatic carbocycles. The molecule has 0 nitrogen and oxygen atoms in total. The van der Waals surface area contributed by atoms with Crippen LogP contribution in [0.4, 0.5) is 0 Å². The van der Waals surface area contributed by atoms with Crippen molar-refractivity contribution < 1.29 is 0 Å². The van der Waals surface area contributed by atoms with Crippen LogP contribution in [0.1, 0.15) is 57.2 Å². The van der Waals surface area contributed by atoms with Crippen molar-refractivity contribution in [2.45, 2.75) is 46.0 Å². The van der Waals surface area contributed by atoms with Crippen LogP contribution < -0.4 is 0 Å². The van der Waals surface area contributed by atoms with Crippen molar-refractivity contribution >= 4 is 16.3 Å². The molecule has 4 rings (SSSR count). The summed E-state index contributed by atoms with van der Waals surface area (Å²) in [5, 5.41) is 2.60. The van der Waals surface area contributed by atoms with Gasteiger partial charge in [0.25, 0.3) is 0 Å². The van der Waals surface area contributed by atoms with Gasteiger partial charge in [-0.25, -0.2) is 0 Å². The second-order valence-corrected chi connectivity index (χ2v) is 8.64. The molecule has 2 aromatic rings. The third-order valence-corrected chi connectivity index (χ3v) is 5.56. The predicted molar refractivity (Wildman–Crippen MR) is 104 cm³/mol. The molecule has 0 aromatic heterocycles. The summed E-state index contributed by atoms with van der Waals surface area (Å²) in [6.45, 7) is 9.41. The third-order valence-electron chi connectivity index (χ3n) is 5.56. The van der Waals surface area contributed by atoms with Gasteiger partial charge in [-0.2, -0.15) is 0 Å². The number of hydrogen-bond acceptors (Lipinski definition) is 0. The largest absolute Gasteiger partial charge is 0.115 e. The van der Waals surface area contributed by atoms with Gasteiger partial charge in [0, 0.05) is 5.56 Å². The van der Waals surface area contributed by atoms with Crippen LogP contribution in [0, 0.1) is 17.8 Å². The molecule has 0 spiro atoms. The number of rotatable bonds is 0. The van der Waals surface area contributed by atoms with E-state index in [0.29, 0.717) is 0 Å². The fraction of sp³-hybridized carbons (Fsp3) is 0.333. The minimum Gasteiger partial charge on any atom is -0.115 e. The van der Waals surface area contributed by atoms with E-state index in [2.05, 4.69) is 70.0 Å². The topological polar surface area (TPSA) is 0 Å². The van der Waals surface area contributed by atoms with E-state index in [1.54, 1.807) is 5.57 Å². The Labute approximate surface area is 145 Å². The van der Waals surface area contributed by atoms with Crippen LogP contribution in [-0.2, 0) is 5.41 Å². The molecule has 2 aliphatic rings. The lowest BCUT2D eigenvalue weighted by molar-refractivity contribution is 0.429. The zero-order valence-electron chi connectivity index (χ0n) is 15.0. The second-order valence-electron chi connectivity index (χ2n) is 8.64. The van der Waals surface area contributed by atoms with Crippen molar-refractivity contribution in [2.75, 3.05) is 0 Å². The summed E-state index contributed by atoms with van der Waals surface area (Å²) in [5.74, 6) is 2.79. The number of fused-ring (bicyclic) bond motifs is 4. The molecule has 0 unspecified atom stereocenters. The zero-order valence-corrected chi connectivity index (χ0v) is 15.0. The van der Waals surface area contributed by atoms with E-state index in [4.69, 9.17) is 6.42 Å². The van der Waals surface area contributed by atoms with Crippen LogP contribution in [-0.4, -0.2) is 0 Å². The average Bonchev–Trinajstić information content (AvgIpc) is 2.51. The molecule has 0 bridgehead atoms. The van der Waals surface area contributed by atoms with Crippen LogP contribution in [0.2, 0.25) is 0 Å². The minimum atomic E-state index is 0.127. The Kier molecular flexibility index (Phi) is 3.10. The normalized spacial score (nSPS) is 20.5. The predicted octanol–water partition coefficient (Wildman–Crippen LogP) is 6.24. The Morgan fingerprint density at radius 3 is 2.50 bits per heavy atom. The van der Waals surface area contributed by atoms with Gasteiger partial charge in [0.2, 0.25) is 0 Å². The monoisotopic (exact) mass is 312 g/mol. The van der Waals surface area contributed by atoms with Gasteiger partial charge in [0.15, 0.2) is 0 Å². The molecule has 2 aromatic carbocycles. The second kappa shape index (κ2) is 4.87. The average molecular weight is 312 g/mol. The molecule has 0 heteroatoms. The van der Waals surface area contributed by atoms with Gasteiger partial charge in [-0.05, 0) is 63.3 Å². The quantitative estimate of drug-likeness (QED) is 0.505. The molecule has 120 valence electrons. The molecule has 0 N–H and O–H groups in total. The molecule has 24 heavy (non-hydrogen) atoms. The van der Waals surface area contributed by atoms with E-state index >= 15 is 0 Å². The molecule has 0 saturated carbocycles. The Morgan fingerprint density at radius 1 is 1.00 bits per heavy atom. The summed E-state index contributed by atoms with van der Waals surface area (Å²) in [7, 11) is 0. The molecule has 0 saturated heterocycles. The summed E-state index contributed by atoms with van der Waals surface area (Å²) in [6.07, 6.45) is 12.7. The van der Waals surface area contributed by atoms with E-state index in [1.807, 2.05) is 6.07 Å². The maximum absolute atomic E-state index is 5.65. The van der Waals surface area contributed by atoms with E-state index in [-0.39, 0.29) is 10.8 Å². The van der Waals surface area contributed by atoms with Gasteiger partial charge in [0.05, 0.1) is 0 Å². The van der Waals surface area contributed by atoms with Crippen molar-refractivity contribution in [1.29, 1.82) is 0 Å². The van der Waals surface area contributed by atoms with E-state index < -0.39 is 0 Å². The molecule has 0 amide bonds. The van der Waals surface area contributed by atoms with Gasteiger partial charge in [-0.1, -0.05) is 69.5 Å². The Morgan fingerprint density at radius 2 is 1.75 bits per heavy atom. The summed E-state index contributed by atoms with van der Waals surface area (Å²) in [6, 6.07) is 10.9. The first-order valence-corrected chi connectivity index (χ1v) is 8.76. The highest BCUT2D eigenvalue weighted by atomic mass is 14.4. The first-order chi connectivity index (χ1) is 11.3. The number of allylic oxidation sites excluding steroid dienone is 4. The fourth-order valence-corrected chi connectivity index (χ4v) is 4.55. The van der Waals surface area contributed by atoms with E-state index in [0.717, 1.165) is 18.4 Å². The third kappa shape index (κ3) is 2.23. The van der Waals surface area contributed by atoms with Crippen LogP contribution in [0.5, 0.6) is 0 Å². The Hall–Kier alpha value is -2.26. The maximum atomic E-state index is 5.65. The van der Waals surface area contributed by atoms with Crippen molar-refractivity contribution in [2.24, 2.45) is 5.41 Å². The van der Waals surface area contributed by atoms with Crippen molar-refractivity contribution in [3.63, 3.8) is 0 Å². The fourth-order valence-electron chi connectivity index (χ4n) is 4.55. The molecule has 0 fully saturated rings. The van der Waals surface area contributed by atoms with Crippen LogP contribution >= 0.6 is 0 Å². The van der Waals surface area contributed by atoms with E-state index in [1.165, 1.54) is 27.5 Å². The van der Waals surface area contributed by atoms with Crippen molar-refractivity contribution in [3.05, 3.63) is 64.7 Å². The van der Waals surface area contributed by atoms with Gasteiger partial charge in [-0.3, -0.25) is 0 Å². The van der Waals surface area contributed by atoms with E-state index in [9.17, 15) is 0 Å². The standard InChI is InChI=1S/C24H24/c1-6-16-7-8-17-9-10-20-19-11-12-23(2,3)14-18(19)15-24(4,5)22(20)21(17)13-16/h1,7-13H,14-15H2,2-5H3. The Balaban J connectivity index is 2.04. The van der Waals surface area contributed by atoms with Crippen LogP contribution in [0.3, 0.4) is 0 Å². The number of terminal acetylenes is 1. The number of hydrogen-bond donors (Lipinski definition) is 0. The summed E-state index contributed by atoms with van der Waals surface area (Å²) in [5.41, 5.74) is 7.26. The van der Waals surface area contributed by atoms with Gasteiger partial charge >= 0.3 is 0 Å². The first kappa shape index (κ1) is 15.3. The van der Waals surface area contributed by atoms with Crippen molar-refractivity contribution in [3.8, 4) is 12.3 Å². The van der Waals surface area contributed by atoms with Gasteiger partial charge in [-0.15, -0.1) is 6.42 Å². The molecule has 0 radical (unpaired) electrons. The highest BCUT2D eigenvalue weighted by Crippen LogP contribution is 2.50. The number of benzene rings is 2. The molecular formula is C24H24. The van der Waals surface area contributed by atoms with Crippen molar-refractivity contribution in [1.82, 2.24) is 0 Å². The Bertz CT molecular complexity index is 955. The lowest BCUT2D eigenvalue weighted by atomic mass is 9.64. The molecule has 0 heterocycles. The summed E-state index contributed by atoms with van der Waals surface area (Å²) < 4.78 is 0. The lowest BCUT2D eigenvalue weighted by Crippen LogP contribution is -2.27. The summed E-state index contributed by atoms with van der Waals surface area (Å²) in [4.78, 5) is 0. The first-order valence-electron chi connectivity index (χ1n) is 8.76. The smallest absolute Gasteiger partial charge is 0.0249 e. The van der Waals surface area contributed by atoms with Gasteiger partial charge < -0.3 is 0 Å². The minimum absolute atomic E-state index is 0.127. The molecule has 0 aliphatic heterocycles.